The second kappa shape index (κ2) is 6.21. The lowest BCUT2D eigenvalue weighted by molar-refractivity contribution is 0.602. The Kier molecular flexibility index (Phi) is 4.30. The quantitative estimate of drug-likeness (QED) is 0.845. The molecule has 1 aliphatic heterocycles. The summed E-state index contributed by atoms with van der Waals surface area (Å²) in [6, 6.07) is 9.33. The first-order chi connectivity index (χ1) is 10.5. The Labute approximate surface area is 137 Å². The average molecular weight is 383 g/mol. The van der Waals surface area contributed by atoms with E-state index in [0.717, 1.165) is 10.2 Å². The van der Waals surface area contributed by atoms with Gasteiger partial charge in [0.05, 0.1) is 11.5 Å². The predicted molar refractivity (Wildman–Crippen MR) is 90.1 cm³/mol. The van der Waals surface area contributed by atoms with E-state index >= 15 is 0 Å². The van der Waals surface area contributed by atoms with Crippen molar-refractivity contribution in [1.82, 2.24) is 9.97 Å². The SMILES string of the molecule is O=S1(=O)CCC(Nc2ccnc(Nc3ccc(Br)cc3)n2)C1. The summed E-state index contributed by atoms with van der Waals surface area (Å²) in [4.78, 5) is 8.53. The van der Waals surface area contributed by atoms with Crippen molar-refractivity contribution in [2.75, 3.05) is 22.1 Å². The minimum absolute atomic E-state index is 0.0829. The molecule has 1 unspecified atom stereocenters. The van der Waals surface area contributed by atoms with Gasteiger partial charge in [-0.15, -0.1) is 0 Å². The number of rotatable bonds is 4. The van der Waals surface area contributed by atoms with Gasteiger partial charge in [-0.05, 0) is 36.8 Å². The van der Waals surface area contributed by atoms with E-state index in [4.69, 9.17) is 0 Å². The summed E-state index contributed by atoms with van der Waals surface area (Å²) in [5.74, 6) is 1.48. The number of aromatic nitrogens is 2. The van der Waals surface area contributed by atoms with Crippen molar-refractivity contribution in [3.8, 4) is 0 Å². The van der Waals surface area contributed by atoms with Crippen LogP contribution in [0.3, 0.4) is 0 Å². The second-order valence-corrected chi connectivity index (χ2v) is 8.29. The molecule has 8 heteroatoms. The molecule has 22 heavy (non-hydrogen) atoms. The molecule has 0 bridgehead atoms. The van der Waals surface area contributed by atoms with E-state index in [0.29, 0.717) is 18.2 Å². The molecule has 2 aromatic rings. The van der Waals surface area contributed by atoms with Gasteiger partial charge in [-0.25, -0.2) is 13.4 Å². The van der Waals surface area contributed by atoms with Gasteiger partial charge in [-0.1, -0.05) is 15.9 Å². The smallest absolute Gasteiger partial charge is 0.229 e. The van der Waals surface area contributed by atoms with Crippen molar-refractivity contribution in [3.05, 3.63) is 41.0 Å². The normalized spacial score (nSPS) is 19.8. The lowest BCUT2D eigenvalue weighted by Crippen LogP contribution is -2.21. The first-order valence-corrected chi connectivity index (χ1v) is 9.44. The standard InChI is InChI=1S/C14H15BrN4O2S/c15-10-1-3-11(4-2-10)18-14-16-7-5-13(19-14)17-12-6-8-22(20,21)9-12/h1-5,7,12H,6,8-9H2,(H2,16,17,18,19). The van der Waals surface area contributed by atoms with Gasteiger partial charge in [0.1, 0.15) is 5.82 Å². The summed E-state index contributed by atoms with van der Waals surface area (Å²) < 4.78 is 24.0. The Morgan fingerprint density at radius 1 is 1.18 bits per heavy atom. The molecule has 0 saturated carbocycles. The second-order valence-electron chi connectivity index (χ2n) is 5.14. The zero-order chi connectivity index (χ0) is 15.6. The van der Waals surface area contributed by atoms with E-state index in [2.05, 4.69) is 36.5 Å². The van der Waals surface area contributed by atoms with Crippen LogP contribution in [0.5, 0.6) is 0 Å². The van der Waals surface area contributed by atoms with Crippen LogP contribution < -0.4 is 10.6 Å². The number of hydrogen-bond donors (Lipinski definition) is 2. The summed E-state index contributed by atoms with van der Waals surface area (Å²) in [7, 11) is -2.90. The highest BCUT2D eigenvalue weighted by molar-refractivity contribution is 9.10. The molecule has 6 nitrogen and oxygen atoms in total. The fraction of sp³-hybridized carbons (Fsp3) is 0.286. The predicted octanol–water partition coefficient (Wildman–Crippen LogP) is 2.58. The average Bonchev–Trinajstić information content (AvgIpc) is 2.81. The van der Waals surface area contributed by atoms with Crippen molar-refractivity contribution >= 4 is 43.2 Å². The molecule has 116 valence electrons. The van der Waals surface area contributed by atoms with Gasteiger partial charge in [-0.3, -0.25) is 0 Å². The number of nitrogens with one attached hydrogen (secondary N) is 2. The maximum atomic E-state index is 11.5. The number of halogens is 1. The van der Waals surface area contributed by atoms with Crippen LogP contribution in [0.25, 0.3) is 0 Å². The molecule has 1 aliphatic rings. The Hall–Kier alpha value is -1.67. The number of sulfone groups is 1. The van der Waals surface area contributed by atoms with E-state index in [-0.39, 0.29) is 17.5 Å². The molecule has 3 rings (SSSR count). The molecule has 1 saturated heterocycles. The molecule has 1 aromatic carbocycles. The monoisotopic (exact) mass is 382 g/mol. The fourth-order valence-electron chi connectivity index (χ4n) is 2.28. The van der Waals surface area contributed by atoms with Crippen LogP contribution in [0.2, 0.25) is 0 Å². The maximum absolute atomic E-state index is 11.5. The number of nitrogens with zero attached hydrogens (tertiary/aromatic N) is 2. The molecule has 1 atom stereocenters. The van der Waals surface area contributed by atoms with E-state index in [1.807, 2.05) is 24.3 Å². The third kappa shape index (κ3) is 3.95. The van der Waals surface area contributed by atoms with E-state index in [1.54, 1.807) is 12.3 Å². The van der Waals surface area contributed by atoms with Crippen LogP contribution in [0, 0.1) is 0 Å². The zero-order valence-corrected chi connectivity index (χ0v) is 14.1. The van der Waals surface area contributed by atoms with Crippen molar-refractivity contribution in [2.45, 2.75) is 12.5 Å². The molecular formula is C14H15BrN4O2S. The van der Waals surface area contributed by atoms with E-state index < -0.39 is 9.84 Å². The van der Waals surface area contributed by atoms with Crippen LogP contribution in [0.1, 0.15) is 6.42 Å². The topological polar surface area (TPSA) is 84.0 Å². The molecule has 2 N–H and O–H groups in total. The van der Waals surface area contributed by atoms with Gasteiger partial charge < -0.3 is 10.6 Å². The summed E-state index contributed by atoms with van der Waals surface area (Å²) in [6.07, 6.45) is 2.25. The van der Waals surface area contributed by atoms with Crippen molar-refractivity contribution < 1.29 is 8.42 Å². The lowest BCUT2D eigenvalue weighted by Gasteiger charge is -2.12. The minimum Gasteiger partial charge on any atom is -0.366 e. The molecular weight excluding hydrogens is 368 g/mol. The Bertz CT molecular complexity index is 765. The summed E-state index contributed by atoms with van der Waals surface area (Å²) in [6.45, 7) is 0. The maximum Gasteiger partial charge on any atom is 0.229 e. The van der Waals surface area contributed by atoms with Crippen molar-refractivity contribution in [2.24, 2.45) is 0 Å². The molecule has 1 aromatic heterocycles. The minimum atomic E-state index is -2.90. The molecule has 0 aliphatic carbocycles. The van der Waals surface area contributed by atoms with Crippen LogP contribution in [0.15, 0.2) is 41.0 Å². The number of anilines is 3. The van der Waals surface area contributed by atoms with Gasteiger partial charge in [0.2, 0.25) is 5.95 Å². The van der Waals surface area contributed by atoms with Gasteiger partial charge in [0.15, 0.2) is 9.84 Å². The first kappa shape index (κ1) is 15.2. The van der Waals surface area contributed by atoms with Gasteiger partial charge in [0, 0.05) is 22.4 Å². The van der Waals surface area contributed by atoms with Crippen LogP contribution in [-0.2, 0) is 9.84 Å². The third-order valence-corrected chi connectivity index (χ3v) is 5.64. The summed E-state index contributed by atoms with van der Waals surface area (Å²) >= 11 is 3.38. The first-order valence-electron chi connectivity index (χ1n) is 6.83. The largest absolute Gasteiger partial charge is 0.366 e. The fourth-order valence-corrected chi connectivity index (χ4v) is 4.22. The molecule has 0 spiro atoms. The zero-order valence-electron chi connectivity index (χ0n) is 11.7. The summed E-state index contributed by atoms with van der Waals surface area (Å²) in [5.41, 5.74) is 0.879. The molecule has 0 amide bonds. The Balaban J connectivity index is 1.68. The lowest BCUT2D eigenvalue weighted by atomic mass is 10.2. The molecule has 2 heterocycles. The highest BCUT2D eigenvalue weighted by Crippen LogP contribution is 2.19. The van der Waals surface area contributed by atoms with Crippen molar-refractivity contribution in [1.29, 1.82) is 0 Å². The third-order valence-electron chi connectivity index (χ3n) is 3.34. The summed E-state index contributed by atoms with van der Waals surface area (Å²) in [5, 5.41) is 6.27. The van der Waals surface area contributed by atoms with Crippen molar-refractivity contribution in [3.63, 3.8) is 0 Å². The van der Waals surface area contributed by atoms with Gasteiger partial charge in [0.25, 0.3) is 0 Å². The van der Waals surface area contributed by atoms with Gasteiger partial charge >= 0.3 is 0 Å². The van der Waals surface area contributed by atoms with E-state index in [9.17, 15) is 8.42 Å². The van der Waals surface area contributed by atoms with Crippen LogP contribution in [-0.4, -0.2) is 35.9 Å². The van der Waals surface area contributed by atoms with Crippen LogP contribution in [0.4, 0.5) is 17.5 Å². The Morgan fingerprint density at radius 3 is 2.64 bits per heavy atom. The molecule has 0 radical (unpaired) electrons. The van der Waals surface area contributed by atoms with E-state index in [1.165, 1.54) is 0 Å². The molecule has 1 fully saturated rings. The highest BCUT2D eigenvalue weighted by Gasteiger charge is 2.27. The van der Waals surface area contributed by atoms with Gasteiger partial charge in [-0.2, -0.15) is 4.98 Å². The van der Waals surface area contributed by atoms with Crippen LogP contribution >= 0.6 is 15.9 Å². The Morgan fingerprint density at radius 2 is 1.95 bits per heavy atom. The number of benzene rings is 1. The number of hydrogen-bond acceptors (Lipinski definition) is 6. The highest BCUT2D eigenvalue weighted by atomic mass is 79.9.